The molecule has 1 saturated heterocycles. The van der Waals surface area contributed by atoms with Gasteiger partial charge in [0.1, 0.15) is 37.4 Å². The second kappa shape index (κ2) is 9.10. The molecule has 7 nitrogen and oxygen atoms in total. The first-order valence-corrected chi connectivity index (χ1v) is 11.9. The lowest BCUT2D eigenvalue weighted by Gasteiger charge is -2.33. The zero-order valence-corrected chi connectivity index (χ0v) is 21.0. The highest BCUT2D eigenvalue weighted by molar-refractivity contribution is 6.44. The van der Waals surface area contributed by atoms with Crippen LogP contribution >= 0.6 is 11.6 Å². The van der Waals surface area contributed by atoms with Crippen LogP contribution in [-0.4, -0.2) is 66.0 Å². The number of hydrogen-bond acceptors (Lipinski definition) is 4. The Morgan fingerprint density at radius 1 is 1.14 bits per heavy atom. The van der Waals surface area contributed by atoms with Gasteiger partial charge in [-0.05, 0) is 29.7 Å². The fourth-order valence-electron chi connectivity index (χ4n) is 4.97. The maximum Gasteiger partial charge on any atom is 0.349 e. The number of imide groups is 1. The Labute approximate surface area is 215 Å². The monoisotopic (exact) mass is 509 g/mol. The maximum atomic E-state index is 14.9. The minimum atomic E-state index is -3.79. The van der Waals surface area contributed by atoms with E-state index < -0.39 is 40.6 Å². The number of alkyl halides is 2. The molecule has 0 saturated carbocycles. The SMILES string of the molecule is Bc1cc2c(cc1C(B)(B)NC(=O)C(F)(F)c1ccc(Cl)cc1)C(B)N(C1CCC(=O)NC1=O)C2=O. The number of hydrogen-bond donors (Lipinski definition) is 2. The van der Waals surface area contributed by atoms with Crippen molar-refractivity contribution in [1.29, 1.82) is 0 Å². The molecule has 2 aromatic rings. The van der Waals surface area contributed by atoms with E-state index in [0.29, 0.717) is 22.2 Å². The highest BCUT2D eigenvalue weighted by atomic mass is 35.5. The lowest BCUT2D eigenvalue weighted by molar-refractivity contribution is -0.147. The molecule has 0 aliphatic carbocycles. The van der Waals surface area contributed by atoms with E-state index >= 15 is 0 Å². The molecule has 1 fully saturated rings. The molecule has 4 rings (SSSR count). The normalized spacial score (nSPS) is 20.2. The molecule has 182 valence electrons. The number of nitrogens with one attached hydrogen (secondary N) is 2. The van der Waals surface area contributed by atoms with Crippen LogP contribution in [0.4, 0.5) is 8.78 Å². The van der Waals surface area contributed by atoms with E-state index in [2.05, 4.69) is 10.6 Å². The Kier molecular flexibility index (Phi) is 6.58. The van der Waals surface area contributed by atoms with Gasteiger partial charge in [-0.15, -0.1) is 0 Å². The molecule has 2 N–H and O–H groups in total. The van der Waals surface area contributed by atoms with Crippen molar-refractivity contribution in [2.75, 3.05) is 0 Å². The summed E-state index contributed by atoms with van der Waals surface area (Å²) in [7, 11) is 6.72. The number of amides is 4. The number of fused-ring (bicyclic) bond motifs is 1. The Morgan fingerprint density at radius 2 is 1.78 bits per heavy atom. The molecule has 4 amide bonds. The van der Waals surface area contributed by atoms with E-state index in [9.17, 15) is 28.0 Å². The smallest absolute Gasteiger partial charge is 0.349 e. The van der Waals surface area contributed by atoms with Gasteiger partial charge in [0.25, 0.3) is 11.8 Å². The quantitative estimate of drug-likeness (QED) is 0.353. The van der Waals surface area contributed by atoms with Crippen LogP contribution in [0.15, 0.2) is 36.4 Å². The Bertz CT molecular complexity index is 1290. The third-order valence-corrected chi connectivity index (χ3v) is 7.12. The number of benzene rings is 2. The number of carbonyl (C=O) groups excluding carboxylic acids is 4. The fraction of sp³-hybridized carbons (Fsp3) is 0.273. The molecule has 2 aliphatic rings. The van der Waals surface area contributed by atoms with Gasteiger partial charge in [-0.1, -0.05) is 41.3 Å². The molecular formula is C22H22B4ClF2N3O4. The average molecular weight is 509 g/mol. The molecule has 2 atom stereocenters. The van der Waals surface area contributed by atoms with Crippen LogP contribution in [0.5, 0.6) is 0 Å². The van der Waals surface area contributed by atoms with Crippen LogP contribution < -0.4 is 16.1 Å². The highest BCUT2D eigenvalue weighted by Crippen LogP contribution is 2.36. The predicted molar refractivity (Wildman–Crippen MR) is 141 cm³/mol. The number of halogens is 3. The number of rotatable bonds is 5. The molecular weight excluding hydrogens is 487 g/mol. The van der Waals surface area contributed by atoms with Gasteiger partial charge in [0, 0.05) is 33.8 Å². The van der Waals surface area contributed by atoms with Gasteiger partial charge in [0.15, 0.2) is 0 Å². The van der Waals surface area contributed by atoms with Crippen molar-refractivity contribution in [1.82, 2.24) is 15.5 Å². The Balaban J connectivity index is 1.62. The van der Waals surface area contributed by atoms with Crippen molar-refractivity contribution in [3.8, 4) is 0 Å². The Hall–Kier alpha value is -3.07. The number of nitrogens with zero attached hydrogens (tertiary/aromatic N) is 1. The van der Waals surface area contributed by atoms with Crippen molar-refractivity contribution >= 4 is 72.1 Å². The summed E-state index contributed by atoms with van der Waals surface area (Å²) < 4.78 is 29.8. The molecule has 0 spiro atoms. The summed E-state index contributed by atoms with van der Waals surface area (Å²) in [5.74, 6) is -6.98. The van der Waals surface area contributed by atoms with Crippen LogP contribution in [0.25, 0.3) is 0 Å². The van der Waals surface area contributed by atoms with Crippen molar-refractivity contribution in [2.45, 2.75) is 36.1 Å². The van der Waals surface area contributed by atoms with E-state index in [-0.39, 0.29) is 29.7 Å². The molecule has 2 unspecified atom stereocenters. The standard InChI is InChI=1S/C22H22B4ClF2N3O4/c23-14-8-12-11(17(24)32(19(12)35)15-5-6-16(33)30-18(15)34)7-13(14)22(25,26)31-20(36)21(28,29)9-1-3-10(27)4-2-9/h1-4,7-8,15,17H,5-6,23-26H2,(H,31,36)(H,30,33,34). The summed E-state index contributed by atoms with van der Waals surface area (Å²) in [5.41, 5.74) is 1.73. The van der Waals surface area contributed by atoms with E-state index in [1.54, 1.807) is 43.5 Å². The molecule has 0 radical (unpaired) electrons. The topological polar surface area (TPSA) is 95.6 Å². The third-order valence-electron chi connectivity index (χ3n) is 6.87. The lowest BCUT2D eigenvalue weighted by atomic mass is 9.55. The largest absolute Gasteiger partial charge is 0.357 e. The molecule has 36 heavy (non-hydrogen) atoms. The summed E-state index contributed by atoms with van der Waals surface area (Å²) in [4.78, 5) is 51.3. The second-order valence-electron chi connectivity index (χ2n) is 9.77. The third kappa shape index (κ3) is 4.45. The zero-order chi connectivity index (χ0) is 26.6. The van der Waals surface area contributed by atoms with Crippen LogP contribution in [-0.2, 0) is 25.6 Å². The first kappa shape index (κ1) is 26.0. The molecule has 2 heterocycles. The average Bonchev–Trinajstić information content (AvgIpc) is 3.02. The van der Waals surface area contributed by atoms with Crippen LogP contribution in [0.2, 0.25) is 5.02 Å². The van der Waals surface area contributed by atoms with Crippen molar-refractivity contribution in [3.63, 3.8) is 0 Å². The molecule has 0 aromatic heterocycles. The van der Waals surface area contributed by atoms with Crippen LogP contribution in [0.3, 0.4) is 0 Å². The molecule has 14 heteroatoms. The maximum absolute atomic E-state index is 14.9. The number of carbonyl (C=O) groups is 4. The van der Waals surface area contributed by atoms with Gasteiger partial charge >= 0.3 is 5.92 Å². The minimum absolute atomic E-state index is 0.133. The minimum Gasteiger partial charge on any atom is -0.357 e. The first-order chi connectivity index (χ1) is 16.7. The van der Waals surface area contributed by atoms with Gasteiger partial charge in [0.2, 0.25) is 11.8 Å². The molecule has 2 aliphatic heterocycles. The summed E-state index contributed by atoms with van der Waals surface area (Å²) in [6.07, 6.45) is 0.357. The summed E-state index contributed by atoms with van der Waals surface area (Å²) in [5, 5.41) is 3.79. The highest BCUT2D eigenvalue weighted by Gasteiger charge is 2.45. The zero-order valence-electron chi connectivity index (χ0n) is 20.2. The first-order valence-electron chi connectivity index (χ1n) is 11.5. The number of piperidine rings is 1. The van der Waals surface area contributed by atoms with E-state index in [1.165, 1.54) is 17.0 Å². The molecule has 0 bridgehead atoms. The second-order valence-corrected chi connectivity index (χ2v) is 10.2. The van der Waals surface area contributed by atoms with Crippen molar-refractivity contribution in [3.05, 3.63) is 63.7 Å². The van der Waals surface area contributed by atoms with E-state index in [0.717, 1.165) is 12.1 Å². The van der Waals surface area contributed by atoms with Crippen molar-refractivity contribution < 1.29 is 28.0 Å². The fourth-order valence-corrected chi connectivity index (χ4v) is 5.10. The van der Waals surface area contributed by atoms with E-state index in [1.807, 2.05) is 0 Å². The van der Waals surface area contributed by atoms with Crippen LogP contribution in [0, 0.1) is 0 Å². The summed E-state index contributed by atoms with van der Waals surface area (Å²) >= 11 is 5.78. The van der Waals surface area contributed by atoms with E-state index in [4.69, 9.17) is 11.6 Å². The van der Waals surface area contributed by atoms with Gasteiger partial charge < -0.3 is 10.2 Å². The van der Waals surface area contributed by atoms with Gasteiger partial charge in [-0.2, -0.15) is 8.78 Å². The van der Waals surface area contributed by atoms with Gasteiger partial charge in [-0.25, -0.2) is 0 Å². The van der Waals surface area contributed by atoms with Crippen LogP contribution in [0.1, 0.15) is 45.8 Å². The Morgan fingerprint density at radius 3 is 2.39 bits per heavy atom. The summed E-state index contributed by atoms with van der Waals surface area (Å²) in [6, 6.07) is 7.38. The predicted octanol–water partition coefficient (Wildman–Crippen LogP) is -2.22. The van der Waals surface area contributed by atoms with Crippen molar-refractivity contribution in [2.24, 2.45) is 0 Å². The summed E-state index contributed by atoms with van der Waals surface area (Å²) in [6.45, 7) is 0. The van der Waals surface area contributed by atoms with Gasteiger partial charge in [-0.3, -0.25) is 24.5 Å². The lowest BCUT2D eigenvalue weighted by Crippen LogP contribution is -2.53. The van der Waals surface area contributed by atoms with Gasteiger partial charge in [0.05, 0.1) is 0 Å². The molecule has 2 aromatic carbocycles.